The molecule has 2 fully saturated rings. The van der Waals surface area contributed by atoms with E-state index in [1.54, 1.807) is 0 Å². The van der Waals surface area contributed by atoms with E-state index >= 15 is 0 Å². The van der Waals surface area contributed by atoms with Gasteiger partial charge in [-0.15, -0.1) is 0 Å². The third kappa shape index (κ3) is 0.864. The molecule has 2 aliphatic heterocycles. The highest BCUT2D eigenvalue weighted by molar-refractivity contribution is 4.89. The standard InChI is InChI=1S/C7H13NO/c9-7-4-6-2-1-3-8(6)5-7/h6-7,9H,1-5H2/t6-,7+/m1/s1. The number of nitrogens with zero attached hydrogens (tertiary/aromatic N) is 1. The Bertz CT molecular complexity index is 103. The molecule has 0 unspecified atom stereocenters. The van der Waals surface area contributed by atoms with Gasteiger partial charge in [0.05, 0.1) is 6.10 Å². The predicted molar refractivity (Wildman–Crippen MR) is 35.2 cm³/mol. The van der Waals surface area contributed by atoms with Crippen LogP contribution in [-0.4, -0.2) is 35.2 Å². The van der Waals surface area contributed by atoms with Crippen molar-refractivity contribution in [1.29, 1.82) is 0 Å². The second kappa shape index (κ2) is 1.96. The van der Waals surface area contributed by atoms with E-state index < -0.39 is 0 Å². The second-order valence-corrected chi connectivity index (χ2v) is 3.18. The van der Waals surface area contributed by atoms with Gasteiger partial charge in [0.2, 0.25) is 0 Å². The zero-order valence-electron chi connectivity index (χ0n) is 5.58. The fourth-order valence-electron chi connectivity index (χ4n) is 2.06. The number of hydrogen-bond acceptors (Lipinski definition) is 2. The number of rotatable bonds is 0. The van der Waals surface area contributed by atoms with Crippen molar-refractivity contribution in [2.75, 3.05) is 13.1 Å². The number of aliphatic hydroxyl groups is 1. The predicted octanol–water partition coefficient (Wildman–Crippen LogP) is 0.215. The van der Waals surface area contributed by atoms with Crippen molar-refractivity contribution in [3.8, 4) is 0 Å². The van der Waals surface area contributed by atoms with E-state index in [1.807, 2.05) is 0 Å². The molecule has 1 N–H and O–H groups in total. The van der Waals surface area contributed by atoms with E-state index in [2.05, 4.69) is 4.90 Å². The Kier molecular flexibility index (Phi) is 1.24. The first-order valence-corrected chi connectivity index (χ1v) is 3.78. The molecule has 2 heterocycles. The molecule has 2 atom stereocenters. The van der Waals surface area contributed by atoms with Crippen LogP contribution in [-0.2, 0) is 0 Å². The molecule has 0 amide bonds. The minimum Gasteiger partial charge on any atom is -0.392 e. The minimum atomic E-state index is -0.0182. The summed E-state index contributed by atoms with van der Waals surface area (Å²) in [7, 11) is 0. The molecule has 2 rings (SSSR count). The van der Waals surface area contributed by atoms with Crippen molar-refractivity contribution in [3.63, 3.8) is 0 Å². The Balaban J connectivity index is 2.02. The Labute approximate surface area is 55.5 Å². The van der Waals surface area contributed by atoms with E-state index in [0.717, 1.165) is 19.0 Å². The topological polar surface area (TPSA) is 23.5 Å². The van der Waals surface area contributed by atoms with Crippen LogP contribution in [0, 0.1) is 0 Å². The first-order chi connectivity index (χ1) is 4.36. The summed E-state index contributed by atoms with van der Waals surface area (Å²) >= 11 is 0. The van der Waals surface area contributed by atoms with Gasteiger partial charge >= 0.3 is 0 Å². The third-order valence-corrected chi connectivity index (χ3v) is 2.49. The van der Waals surface area contributed by atoms with Crippen LogP contribution in [0.25, 0.3) is 0 Å². The maximum atomic E-state index is 9.19. The van der Waals surface area contributed by atoms with Gasteiger partial charge in [-0.1, -0.05) is 0 Å². The van der Waals surface area contributed by atoms with Gasteiger partial charge in [0.1, 0.15) is 0 Å². The molecule has 2 aliphatic rings. The van der Waals surface area contributed by atoms with Gasteiger partial charge in [0, 0.05) is 12.6 Å². The summed E-state index contributed by atoms with van der Waals surface area (Å²) in [5.74, 6) is 0. The SMILES string of the molecule is O[C@H]1C[C@H]2CCCN2C1. The van der Waals surface area contributed by atoms with Crippen LogP contribution in [0.3, 0.4) is 0 Å². The number of aliphatic hydroxyl groups excluding tert-OH is 1. The van der Waals surface area contributed by atoms with Crippen molar-refractivity contribution in [3.05, 3.63) is 0 Å². The largest absolute Gasteiger partial charge is 0.392 e. The molecule has 9 heavy (non-hydrogen) atoms. The fraction of sp³-hybridized carbons (Fsp3) is 1.00. The molecule has 0 radical (unpaired) electrons. The van der Waals surface area contributed by atoms with E-state index in [-0.39, 0.29) is 6.10 Å². The van der Waals surface area contributed by atoms with Gasteiger partial charge in [-0.05, 0) is 25.8 Å². The highest BCUT2D eigenvalue weighted by Gasteiger charge is 2.33. The lowest BCUT2D eigenvalue weighted by Gasteiger charge is -2.11. The van der Waals surface area contributed by atoms with Crippen molar-refractivity contribution in [2.24, 2.45) is 0 Å². The molecule has 2 heteroatoms. The first-order valence-electron chi connectivity index (χ1n) is 3.78. The summed E-state index contributed by atoms with van der Waals surface area (Å²) in [6, 6.07) is 0.736. The maximum Gasteiger partial charge on any atom is 0.0682 e. The summed E-state index contributed by atoms with van der Waals surface area (Å²) in [4.78, 5) is 2.41. The Morgan fingerprint density at radius 3 is 3.11 bits per heavy atom. The summed E-state index contributed by atoms with van der Waals surface area (Å²) in [6.07, 6.45) is 3.67. The van der Waals surface area contributed by atoms with Crippen LogP contribution >= 0.6 is 0 Å². The molecule has 0 saturated carbocycles. The molecule has 0 aromatic heterocycles. The van der Waals surface area contributed by atoms with Crippen LogP contribution in [0.1, 0.15) is 19.3 Å². The summed E-state index contributed by atoms with van der Waals surface area (Å²) in [5.41, 5.74) is 0. The highest BCUT2D eigenvalue weighted by atomic mass is 16.3. The van der Waals surface area contributed by atoms with E-state index in [0.29, 0.717) is 0 Å². The molecular formula is C7H13NO. The summed E-state index contributed by atoms with van der Waals surface area (Å²) < 4.78 is 0. The van der Waals surface area contributed by atoms with Crippen molar-refractivity contribution in [1.82, 2.24) is 4.90 Å². The molecule has 0 aromatic rings. The second-order valence-electron chi connectivity index (χ2n) is 3.18. The molecule has 0 spiro atoms. The van der Waals surface area contributed by atoms with Crippen molar-refractivity contribution < 1.29 is 5.11 Å². The molecule has 0 bridgehead atoms. The quantitative estimate of drug-likeness (QED) is 0.503. The van der Waals surface area contributed by atoms with Gasteiger partial charge in [-0.3, -0.25) is 4.90 Å². The van der Waals surface area contributed by atoms with Crippen LogP contribution in [0.2, 0.25) is 0 Å². The first kappa shape index (κ1) is 5.69. The zero-order valence-corrected chi connectivity index (χ0v) is 5.58. The molecular weight excluding hydrogens is 114 g/mol. The molecule has 2 nitrogen and oxygen atoms in total. The highest BCUT2D eigenvalue weighted by Crippen LogP contribution is 2.27. The monoisotopic (exact) mass is 127 g/mol. The molecule has 0 aliphatic carbocycles. The van der Waals surface area contributed by atoms with Crippen LogP contribution in [0.15, 0.2) is 0 Å². The normalized spacial score (nSPS) is 43.7. The van der Waals surface area contributed by atoms with Crippen LogP contribution < -0.4 is 0 Å². The fourth-order valence-corrected chi connectivity index (χ4v) is 2.06. The van der Waals surface area contributed by atoms with Crippen LogP contribution in [0.4, 0.5) is 0 Å². The van der Waals surface area contributed by atoms with Gasteiger partial charge in [0.15, 0.2) is 0 Å². The zero-order chi connectivity index (χ0) is 6.27. The third-order valence-electron chi connectivity index (χ3n) is 2.49. The van der Waals surface area contributed by atoms with E-state index in [4.69, 9.17) is 0 Å². The molecule has 52 valence electrons. The van der Waals surface area contributed by atoms with Gasteiger partial charge in [0.25, 0.3) is 0 Å². The van der Waals surface area contributed by atoms with Gasteiger partial charge in [-0.2, -0.15) is 0 Å². The smallest absolute Gasteiger partial charge is 0.0682 e. The molecule has 2 saturated heterocycles. The number of hydrogen-bond donors (Lipinski definition) is 1. The summed E-state index contributed by atoms with van der Waals surface area (Å²) in [5, 5.41) is 9.19. The van der Waals surface area contributed by atoms with Crippen molar-refractivity contribution in [2.45, 2.75) is 31.4 Å². The average molecular weight is 127 g/mol. The van der Waals surface area contributed by atoms with Crippen molar-refractivity contribution >= 4 is 0 Å². The summed E-state index contributed by atoms with van der Waals surface area (Å²) in [6.45, 7) is 2.16. The Morgan fingerprint density at radius 2 is 2.33 bits per heavy atom. The minimum absolute atomic E-state index is 0.0182. The lowest BCUT2D eigenvalue weighted by atomic mass is 10.1. The lowest BCUT2D eigenvalue weighted by Crippen LogP contribution is -2.23. The Hall–Kier alpha value is -0.0800. The lowest BCUT2D eigenvalue weighted by molar-refractivity contribution is 0.177. The van der Waals surface area contributed by atoms with Crippen LogP contribution in [0.5, 0.6) is 0 Å². The Morgan fingerprint density at radius 1 is 1.44 bits per heavy atom. The maximum absolute atomic E-state index is 9.19. The van der Waals surface area contributed by atoms with Gasteiger partial charge < -0.3 is 5.11 Å². The molecule has 0 aromatic carbocycles. The average Bonchev–Trinajstić information content (AvgIpc) is 2.22. The number of fused-ring (bicyclic) bond motifs is 1. The van der Waals surface area contributed by atoms with Gasteiger partial charge in [-0.25, -0.2) is 0 Å². The van der Waals surface area contributed by atoms with E-state index in [1.165, 1.54) is 19.4 Å². The van der Waals surface area contributed by atoms with E-state index in [9.17, 15) is 5.11 Å².